The molecule has 8 heterocycles. The molecule has 0 aromatic rings. The van der Waals surface area contributed by atoms with Gasteiger partial charge in [0.05, 0.1) is 107 Å². The van der Waals surface area contributed by atoms with Gasteiger partial charge in [-0.2, -0.15) is 0 Å². The minimum atomic E-state index is -4.92. The van der Waals surface area contributed by atoms with Crippen LogP contribution in [0.3, 0.4) is 0 Å². The summed E-state index contributed by atoms with van der Waals surface area (Å²) in [6.45, 7) is 5.98. The SMILES string of the molecule is CC(=O)NC1[C@H](OCCCN)OC(CO)[C@@H](O[C@@H]2OC(CO)[C@H](O)[CH-]C2O)[C@@H]1C[C@@H]1OC(C)[C@@H](O)[C@H](O)C1O.CCCC(=O)NCCCO[C@@H]1OC(CO)[C@@H](O[C@@H]2OC(CO)[C@H](O)[CH-]C2O)[C@H](C[C@@H]2OC(C)[C@@H](O)[C@H](O)C2O)C1NC(C)=O.O=C(CCN1C(=O)C=CC1=O)ON1C(=O)CCC1=O.O=S(=O)([O-])O.O=S(=O)([O-])O.[Na+].[Na+]. The molecule has 8 rings (SSSR count). The number of nitrogens with two attached hydrogens (primary N) is 1. The van der Waals surface area contributed by atoms with Crippen molar-refractivity contribution in [3.05, 3.63) is 25.0 Å². The second-order valence-corrected chi connectivity index (χ2v) is 28.3. The first-order valence-electron chi connectivity index (χ1n) is 35.3. The van der Waals surface area contributed by atoms with Crippen molar-refractivity contribution >= 4 is 68.1 Å². The van der Waals surface area contributed by atoms with E-state index in [1.54, 1.807) is 0 Å². The summed E-state index contributed by atoms with van der Waals surface area (Å²) in [6.07, 6.45) is -23.6. The van der Waals surface area contributed by atoms with E-state index in [0.29, 0.717) is 43.8 Å². The van der Waals surface area contributed by atoms with Gasteiger partial charge in [-0.05, 0) is 76.9 Å². The standard InChI is InChI=1S/C28H49N2O14.C24H43N2O13.C11H10N2O6.2Na.2H2O4S/c1-4-6-21(36)29-7-5-8-40-28-22(30-14(3)33)15(9-18-24(38)25(39)23(37)13(2)41-18)26(20(12-32)43-28)44-27-17(35)10-16(34)19(11-31)42-27;1-10-19(32)21(34)20(33)15(36-10)6-12-18(26-11(2)29)24(35-5-3-4-25)38-17(9-28)22(12)39-23-14(31)7-13(30)16(8-27)37-23;14-7-1-2-8(15)12(7)6-5-11(18)19-13-9(16)3-4-10(13)17;;;2*1-5(2,3)4/h10,13,15-20,22-28,31-32,34-35,37-39H,4-9,11-12H2,1-3H3,(H,29,36)(H,30,33);7,10,12-24,27-28,30-34H,3-6,8-9,25H2,1-2H3,(H,26,29);1-2H,3-6H2;;;2*(H2,1,2,3,4)/q2*-1;;2*+1;;/p-2/t13?,15-,16-,17?,18+,19?,20?,22?,23-,24?,25+,26+,27+,28-;10?,12-,13-,14?,15+,16?,17?,18?,19-,20?,21+,22+,23+,24-;;;;;/m11...../s1. The van der Waals surface area contributed by atoms with Gasteiger partial charge < -0.3 is 154 Å². The van der Waals surface area contributed by atoms with Gasteiger partial charge in [0.1, 0.15) is 48.8 Å². The van der Waals surface area contributed by atoms with Crippen LogP contribution in [0.25, 0.3) is 0 Å². The van der Waals surface area contributed by atoms with Crippen LogP contribution >= 0.6 is 0 Å². The summed E-state index contributed by atoms with van der Waals surface area (Å²) in [5.41, 5.74) is 5.57. The normalized spacial score (nSPS) is 35.5. The second kappa shape index (κ2) is 51.4. The zero-order valence-electron chi connectivity index (χ0n) is 63.4. The van der Waals surface area contributed by atoms with E-state index in [2.05, 4.69) is 20.8 Å². The number of ether oxygens (including phenoxy) is 10. The number of hydrogen-bond acceptors (Lipinski definition) is 40. The molecule has 8 aliphatic rings. The number of aliphatic hydroxyl groups is 14. The summed E-state index contributed by atoms with van der Waals surface area (Å²) in [5, 5.41) is 152. The number of amides is 7. The number of carbonyl (C=O) groups is 8. The summed E-state index contributed by atoms with van der Waals surface area (Å²) in [6, 6.07) is -1.90. The molecule has 0 aromatic heterocycles. The zero-order chi connectivity index (χ0) is 84.4. The average Bonchev–Trinajstić information content (AvgIpc) is 0.890. The van der Waals surface area contributed by atoms with Crippen LogP contribution in [0.15, 0.2) is 12.2 Å². The van der Waals surface area contributed by atoms with Gasteiger partial charge in [0.15, 0.2) is 25.2 Å². The fourth-order valence-electron chi connectivity index (χ4n) is 12.7. The number of nitrogens with zero attached hydrogens (tertiary/aromatic N) is 2. The number of nitrogens with one attached hydrogen (secondary N) is 3. The third kappa shape index (κ3) is 34.3. The van der Waals surface area contributed by atoms with E-state index in [9.17, 15) is 110 Å². The molecule has 0 aromatic carbocycles. The first-order valence-corrected chi connectivity index (χ1v) is 38.0. The van der Waals surface area contributed by atoms with Gasteiger partial charge in [0.25, 0.3) is 23.6 Å². The van der Waals surface area contributed by atoms with Gasteiger partial charge in [-0.25, -0.2) is 21.6 Å². The van der Waals surface area contributed by atoms with Crippen molar-refractivity contribution in [1.82, 2.24) is 25.9 Å². The zero-order valence-corrected chi connectivity index (χ0v) is 69.0. The van der Waals surface area contributed by atoms with Crippen molar-refractivity contribution in [2.75, 3.05) is 59.3 Å². The Labute approximate surface area is 699 Å². The molecule has 7 fully saturated rings. The predicted molar refractivity (Wildman–Crippen MR) is 362 cm³/mol. The van der Waals surface area contributed by atoms with Crippen molar-refractivity contribution in [3.8, 4) is 0 Å². The van der Waals surface area contributed by atoms with E-state index in [4.69, 9.17) is 88.1 Å². The molecule has 0 bridgehead atoms. The van der Waals surface area contributed by atoms with Crippen molar-refractivity contribution < 1.29 is 256 Å². The third-order valence-corrected chi connectivity index (χ3v) is 18.1. The summed E-state index contributed by atoms with van der Waals surface area (Å²) in [5.74, 6) is -5.72. The summed E-state index contributed by atoms with van der Waals surface area (Å²) in [7, 11) is -9.83. The molecule has 114 heavy (non-hydrogen) atoms. The van der Waals surface area contributed by atoms with Crippen molar-refractivity contribution in [1.29, 1.82) is 0 Å². The molecule has 51 heteroatoms. The predicted octanol–water partition coefficient (Wildman–Crippen LogP) is -17.2. The van der Waals surface area contributed by atoms with Gasteiger partial charge in [0, 0.05) is 70.2 Å². The van der Waals surface area contributed by atoms with Crippen LogP contribution in [-0.4, -0.2) is 382 Å². The van der Waals surface area contributed by atoms with Gasteiger partial charge in [-0.15, -0.1) is 5.06 Å². The quantitative estimate of drug-likeness (QED) is 0.00826. The molecule has 0 radical (unpaired) electrons. The van der Waals surface area contributed by atoms with Crippen LogP contribution in [0.2, 0.25) is 0 Å². The Morgan fingerprint density at radius 2 is 0.921 bits per heavy atom. The molecule has 0 spiro atoms. The van der Waals surface area contributed by atoms with E-state index < -0.39 is 260 Å². The minimum absolute atomic E-state index is 0. The Kier molecular flexibility index (Phi) is 48.1. The van der Waals surface area contributed by atoms with E-state index in [1.165, 1.54) is 27.7 Å². The maximum absolute atomic E-state index is 12.4. The van der Waals surface area contributed by atoms with Crippen LogP contribution in [0.1, 0.15) is 92.4 Å². The molecule has 28 atom stereocenters. The minimum Gasteiger partial charge on any atom is -0.726 e. The molecule has 12 unspecified atom stereocenters. The van der Waals surface area contributed by atoms with Crippen molar-refractivity contribution in [2.24, 2.45) is 17.6 Å². The molecule has 7 amide bonds. The van der Waals surface area contributed by atoms with Crippen LogP contribution in [0.4, 0.5) is 0 Å². The fraction of sp³-hybridized carbons (Fsp3) is 0.810. The van der Waals surface area contributed by atoms with Crippen molar-refractivity contribution in [3.63, 3.8) is 0 Å². The number of aliphatic hydroxyl groups excluding tert-OH is 14. The maximum atomic E-state index is 12.4. The van der Waals surface area contributed by atoms with Crippen LogP contribution in [-0.2, 0) is 111 Å². The van der Waals surface area contributed by atoms with Gasteiger partial charge in [-0.1, -0.05) is 6.92 Å². The first-order chi connectivity index (χ1) is 52.4. The molecule has 47 nitrogen and oxygen atoms in total. The molecule has 7 saturated heterocycles. The second-order valence-electron chi connectivity index (χ2n) is 26.6. The van der Waals surface area contributed by atoms with E-state index in [0.717, 1.165) is 29.9 Å². The summed E-state index contributed by atoms with van der Waals surface area (Å²) >= 11 is 0. The summed E-state index contributed by atoms with van der Waals surface area (Å²) < 4.78 is 125. The van der Waals surface area contributed by atoms with Gasteiger partial charge in [-0.3, -0.25) is 60.4 Å². The number of imide groups is 2. The van der Waals surface area contributed by atoms with Crippen LogP contribution < -0.4 is 80.8 Å². The summed E-state index contributed by atoms with van der Waals surface area (Å²) in [4.78, 5) is 98.1. The Bertz CT molecular complexity index is 3180. The Morgan fingerprint density at radius 1 is 0.553 bits per heavy atom. The maximum Gasteiger partial charge on any atom is 1.00 e. The molecule has 0 aliphatic carbocycles. The average molecular weight is 1710 g/mol. The largest absolute Gasteiger partial charge is 1.00 e. The van der Waals surface area contributed by atoms with Crippen LogP contribution in [0.5, 0.6) is 0 Å². The molecular formula is C63H104N6Na2O41S2-2. The van der Waals surface area contributed by atoms with E-state index in [1.807, 2.05) is 6.92 Å². The van der Waals surface area contributed by atoms with Gasteiger partial charge >= 0.3 is 65.1 Å². The topological polar surface area (TPSA) is 745 Å². The fourth-order valence-corrected chi connectivity index (χ4v) is 12.7. The van der Waals surface area contributed by atoms with Crippen molar-refractivity contribution in [2.45, 2.75) is 252 Å². The smallest absolute Gasteiger partial charge is 0.726 e. The first kappa shape index (κ1) is 107. The molecule has 21 N–H and O–H groups in total. The van der Waals surface area contributed by atoms with Gasteiger partial charge in [0.2, 0.25) is 38.5 Å². The Balaban J connectivity index is 0.000000570. The van der Waals surface area contributed by atoms with E-state index >= 15 is 0 Å². The molecular weight excluding hydrogens is 1610 g/mol. The molecule has 8 aliphatic heterocycles. The number of rotatable bonds is 29. The van der Waals surface area contributed by atoms with Crippen LogP contribution in [0, 0.1) is 24.7 Å². The Morgan fingerprint density at radius 3 is 1.27 bits per heavy atom. The number of hydroxylamine groups is 2. The van der Waals surface area contributed by atoms with E-state index in [-0.39, 0.29) is 117 Å². The number of carbonyl (C=O) groups excluding carboxylic acids is 8. The molecule has 648 valence electrons. The Hall–Kier alpha value is -3.36. The third-order valence-electron chi connectivity index (χ3n) is 18.1. The number of hydrogen-bond donors (Lipinski definition) is 20. The monoisotopic (exact) mass is 1710 g/mol. The molecule has 0 saturated carbocycles.